The summed E-state index contributed by atoms with van der Waals surface area (Å²) in [6.07, 6.45) is 3.60. The first-order valence-electron chi connectivity index (χ1n) is 11.9. The maximum atomic E-state index is 13.6. The molecule has 2 aromatic heterocycles. The number of benzene rings is 2. The predicted molar refractivity (Wildman–Crippen MR) is 138 cm³/mol. The monoisotopic (exact) mass is 471 g/mol. The van der Waals surface area contributed by atoms with Gasteiger partial charge in [-0.1, -0.05) is 61.0 Å². The summed E-state index contributed by atoms with van der Waals surface area (Å²) < 4.78 is 0. The molecule has 4 aromatic rings. The van der Waals surface area contributed by atoms with Crippen LogP contribution in [0.5, 0.6) is 0 Å². The average Bonchev–Trinajstić information content (AvgIpc) is 3.42. The molecule has 1 fully saturated rings. The summed E-state index contributed by atoms with van der Waals surface area (Å²) >= 11 is 1.44. The Labute approximate surface area is 203 Å². The van der Waals surface area contributed by atoms with Crippen molar-refractivity contribution in [3.05, 3.63) is 105 Å². The Kier molecular flexibility index (Phi) is 6.88. The van der Waals surface area contributed by atoms with Gasteiger partial charge in [0.25, 0.3) is 11.5 Å². The molecule has 2 aromatic carbocycles. The first-order valence-corrected chi connectivity index (χ1v) is 12.8. The van der Waals surface area contributed by atoms with Crippen molar-refractivity contribution < 1.29 is 4.79 Å². The largest absolute Gasteiger partial charge is 0.331 e. The minimum absolute atomic E-state index is 0.0273. The van der Waals surface area contributed by atoms with Gasteiger partial charge in [0.2, 0.25) is 0 Å². The SMILES string of the molecule is O=C(c1cccs1)N(Cc1cc2ccccc2[nH]c1=O)CC(c1ccccc1)N1CCCCC1. The number of carbonyl (C=O) groups is 1. The Morgan fingerprint density at radius 3 is 2.50 bits per heavy atom. The second-order valence-corrected chi connectivity index (χ2v) is 9.84. The molecule has 5 nitrogen and oxygen atoms in total. The molecule has 6 heteroatoms. The molecule has 34 heavy (non-hydrogen) atoms. The fraction of sp³-hybridized carbons (Fsp3) is 0.286. The smallest absolute Gasteiger partial charge is 0.264 e. The highest BCUT2D eigenvalue weighted by atomic mass is 32.1. The summed E-state index contributed by atoms with van der Waals surface area (Å²) in [5.74, 6) is -0.0273. The molecule has 1 aliphatic rings. The number of hydrogen-bond donors (Lipinski definition) is 1. The van der Waals surface area contributed by atoms with Crippen molar-refractivity contribution >= 4 is 28.1 Å². The number of rotatable bonds is 7. The second-order valence-electron chi connectivity index (χ2n) is 8.90. The van der Waals surface area contributed by atoms with E-state index in [9.17, 15) is 9.59 Å². The number of pyridine rings is 1. The summed E-state index contributed by atoms with van der Waals surface area (Å²) in [5, 5.41) is 2.89. The van der Waals surface area contributed by atoms with Crippen molar-refractivity contribution in [3.63, 3.8) is 0 Å². The molecule has 0 aliphatic carbocycles. The van der Waals surface area contributed by atoms with Gasteiger partial charge in [-0.15, -0.1) is 11.3 Å². The van der Waals surface area contributed by atoms with Gasteiger partial charge in [-0.3, -0.25) is 14.5 Å². The highest BCUT2D eigenvalue weighted by Crippen LogP contribution is 2.27. The van der Waals surface area contributed by atoms with E-state index in [1.54, 1.807) is 0 Å². The number of aromatic nitrogens is 1. The molecular formula is C28H29N3O2S. The molecule has 0 saturated carbocycles. The van der Waals surface area contributed by atoms with Crippen LogP contribution in [-0.4, -0.2) is 40.3 Å². The third-order valence-corrected chi connectivity index (χ3v) is 7.48. The van der Waals surface area contributed by atoms with Gasteiger partial charge in [0.15, 0.2) is 0 Å². The molecular weight excluding hydrogens is 442 g/mol. The van der Waals surface area contributed by atoms with E-state index >= 15 is 0 Å². The maximum absolute atomic E-state index is 13.6. The van der Waals surface area contributed by atoms with Crippen LogP contribution in [-0.2, 0) is 6.54 Å². The van der Waals surface area contributed by atoms with Crippen molar-refractivity contribution in [1.82, 2.24) is 14.8 Å². The lowest BCUT2D eigenvalue weighted by Crippen LogP contribution is -2.43. The number of para-hydroxylation sites is 1. The van der Waals surface area contributed by atoms with Crippen molar-refractivity contribution in [2.75, 3.05) is 19.6 Å². The molecule has 5 rings (SSSR count). The minimum Gasteiger partial charge on any atom is -0.331 e. The molecule has 1 N–H and O–H groups in total. The van der Waals surface area contributed by atoms with E-state index in [0.29, 0.717) is 17.0 Å². The Hall–Kier alpha value is -3.22. The zero-order valence-electron chi connectivity index (χ0n) is 19.2. The van der Waals surface area contributed by atoms with Crippen LogP contribution >= 0.6 is 11.3 Å². The van der Waals surface area contributed by atoms with Crippen molar-refractivity contribution in [1.29, 1.82) is 0 Å². The Morgan fingerprint density at radius 1 is 0.971 bits per heavy atom. The number of fused-ring (bicyclic) bond motifs is 1. The van der Waals surface area contributed by atoms with Crippen LogP contribution in [0.1, 0.15) is 46.1 Å². The Bertz CT molecular complexity index is 1290. The summed E-state index contributed by atoms with van der Waals surface area (Å²) in [4.78, 5) is 34.6. The van der Waals surface area contributed by atoms with Gasteiger partial charge in [-0.2, -0.15) is 0 Å². The molecule has 0 bridgehead atoms. The van der Waals surface area contributed by atoms with Gasteiger partial charge in [0.1, 0.15) is 0 Å². The van der Waals surface area contributed by atoms with Crippen molar-refractivity contribution in [2.24, 2.45) is 0 Å². The van der Waals surface area contributed by atoms with E-state index < -0.39 is 0 Å². The van der Waals surface area contributed by atoms with Crippen LogP contribution in [0.4, 0.5) is 0 Å². The lowest BCUT2D eigenvalue weighted by Gasteiger charge is -2.38. The first-order chi connectivity index (χ1) is 16.7. The molecule has 0 radical (unpaired) electrons. The molecule has 1 aliphatic heterocycles. The number of piperidine rings is 1. The van der Waals surface area contributed by atoms with Gasteiger partial charge in [-0.05, 0) is 60.5 Å². The van der Waals surface area contributed by atoms with Crippen LogP contribution in [0.25, 0.3) is 10.9 Å². The number of aromatic amines is 1. The minimum atomic E-state index is -0.142. The standard InChI is InChI=1S/C28H29N3O2S/c32-27-23(18-22-12-5-6-13-24(22)29-27)19-31(28(33)26-14-9-17-34-26)20-25(21-10-3-1-4-11-21)30-15-7-2-8-16-30/h1,3-6,9-14,17-18,25H,2,7-8,15-16,19-20H2,(H,29,32). The van der Waals surface area contributed by atoms with Gasteiger partial charge < -0.3 is 9.88 Å². The summed E-state index contributed by atoms with van der Waals surface area (Å²) in [5.41, 5.74) is 2.48. The Balaban J connectivity index is 1.51. The molecule has 174 valence electrons. The van der Waals surface area contributed by atoms with Gasteiger partial charge in [-0.25, -0.2) is 0 Å². The number of hydrogen-bond acceptors (Lipinski definition) is 4. The second kappa shape index (κ2) is 10.4. The van der Waals surface area contributed by atoms with Crippen LogP contribution in [0.3, 0.4) is 0 Å². The molecule has 1 amide bonds. The zero-order chi connectivity index (χ0) is 23.3. The molecule has 1 atom stereocenters. The fourth-order valence-corrected chi connectivity index (χ4v) is 5.53. The summed E-state index contributed by atoms with van der Waals surface area (Å²) in [6.45, 7) is 2.86. The van der Waals surface area contributed by atoms with Gasteiger partial charge >= 0.3 is 0 Å². The topological polar surface area (TPSA) is 56.4 Å². The number of nitrogens with one attached hydrogen (secondary N) is 1. The number of H-pyrrole nitrogens is 1. The van der Waals surface area contributed by atoms with Crippen LogP contribution in [0.2, 0.25) is 0 Å². The fourth-order valence-electron chi connectivity index (χ4n) is 4.84. The van der Waals surface area contributed by atoms with E-state index in [-0.39, 0.29) is 24.1 Å². The summed E-state index contributed by atoms with van der Waals surface area (Å²) in [6, 6.07) is 24.0. The Morgan fingerprint density at radius 2 is 1.74 bits per heavy atom. The van der Waals surface area contributed by atoms with Crippen LogP contribution in [0, 0.1) is 0 Å². The molecule has 1 saturated heterocycles. The lowest BCUT2D eigenvalue weighted by atomic mass is 10.0. The number of thiophene rings is 1. The molecule has 1 unspecified atom stereocenters. The maximum Gasteiger partial charge on any atom is 0.264 e. The van der Waals surface area contributed by atoms with E-state index in [1.807, 2.05) is 58.8 Å². The molecule has 3 heterocycles. The lowest BCUT2D eigenvalue weighted by molar-refractivity contribution is 0.0641. The zero-order valence-corrected chi connectivity index (χ0v) is 20.0. The third kappa shape index (κ3) is 4.98. The predicted octanol–water partition coefficient (Wildman–Crippen LogP) is 5.46. The van der Waals surface area contributed by atoms with Crippen molar-refractivity contribution in [3.8, 4) is 0 Å². The highest BCUT2D eigenvalue weighted by molar-refractivity contribution is 7.12. The number of likely N-dealkylation sites (tertiary alicyclic amines) is 1. The summed E-state index contributed by atoms with van der Waals surface area (Å²) in [7, 11) is 0. The normalized spacial score (nSPS) is 15.3. The van der Waals surface area contributed by atoms with E-state index in [0.717, 1.165) is 24.0 Å². The van der Waals surface area contributed by atoms with Crippen molar-refractivity contribution in [2.45, 2.75) is 31.8 Å². The van der Waals surface area contributed by atoms with Gasteiger partial charge in [0, 0.05) is 17.6 Å². The van der Waals surface area contributed by atoms with E-state index in [1.165, 1.54) is 36.2 Å². The third-order valence-electron chi connectivity index (χ3n) is 6.62. The number of nitrogens with zero attached hydrogens (tertiary/aromatic N) is 2. The number of carbonyl (C=O) groups excluding carboxylic acids is 1. The van der Waals surface area contributed by atoms with E-state index in [4.69, 9.17) is 0 Å². The van der Waals surface area contributed by atoms with E-state index in [2.05, 4.69) is 34.1 Å². The molecule has 0 spiro atoms. The number of amides is 1. The average molecular weight is 472 g/mol. The van der Waals surface area contributed by atoms with Crippen LogP contribution in [0.15, 0.2) is 83.0 Å². The first kappa shape index (κ1) is 22.6. The highest BCUT2D eigenvalue weighted by Gasteiger charge is 2.28. The quantitative estimate of drug-likeness (QED) is 0.389. The van der Waals surface area contributed by atoms with Gasteiger partial charge in [0.05, 0.1) is 17.5 Å². The van der Waals surface area contributed by atoms with Crippen LogP contribution < -0.4 is 5.56 Å².